The second-order valence-electron chi connectivity index (χ2n) is 4.59. The Kier molecular flexibility index (Phi) is 4.50. The van der Waals surface area contributed by atoms with Crippen molar-refractivity contribution in [1.29, 1.82) is 0 Å². The van der Waals surface area contributed by atoms with Crippen LogP contribution in [-0.4, -0.2) is 39.3 Å². The fourth-order valence-electron chi connectivity index (χ4n) is 2.09. The summed E-state index contributed by atoms with van der Waals surface area (Å²) in [6.07, 6.45) is 5.43. The maximum Gasteiger partial charge on any atom is 0.240 e. The molecule has 0 radical (unpaired) electrons. The molecular formula is C12H21N3O2. The Morgan fingerprint density at radius 3 is 2.82 bits per heavy atom. The quantitative estimate of drug-likeness (QED) is 0.778. The minimum Gasteiger partial charge on any atom is -0.396 e. The average molecular weight is 239 g/mol. The zero-order chi connectivity index (χ0) is 12.1. The van der Waals surface area contributed by atoms with E-state index in [4.69, 9.17) is 9.63 Å². The number of hydrogen-bond donors (Lipinski definition) is 1. The minimum atomic E-state index is 0.243. The molecule has 1 saturated carbocycles. The van der Waals surface area contributed by atoms with Gasteiger partial charge in [-0.15, -0.1) is 0 Å². The lowest BCUT2D eigenvalue weighted by molar-refractivity contribution is 0.0969. The number of aryl methyl sites for hydroxylation is 1. The normalized spacial score (nSPS) is 16.4. The molecule has 1 aliphatic rings. The van der Waals surface area contributed by atoms with Crippen LogP contribution in [-0.2, 0) is 13.0 Å². The molecule has 1 heterocycles. The first kappa shape index (κ1) is 12.5. The maximum absolute atomic E-state index is 8.92. The van der Waals surface area contributed by atoms with Gasteiger partial charge in [-0.2, -0.15) is 4.98 Å². The van der Waals surface area contributed by atoms with Crippen LogP contribution >= 0.6 is 0 Å². The van der Waals surface area contributed by atoms with Crippen molar-refractivity contribution in [2.75, 3.05) is 13.2 Å². The number of nitrogens with zero attached hydrogens (tertiary/aromatic N) is 3. The molecule has 96 valence electrons. The van der Waals surface area contributed by atoms with Crippen molar-refractivity contribution in [2.24, 2.45) is 0 Å². The molecule has 0 bridgehead atoms. The second-order valence-corrected chi connectivity index (χ2v) is 4.59. The predicted octanol–water partition coefficient (Wildman–Crippen LogP) is 1.37. The monoisotopic (exact) mass is 239 g/mol. The van der Waals surface area contributed by atoms with Gasteiger partial charge in [0.2, 0.25) is 5.89 Å². The summed E-state index contributed by atoms with van der Waals surface area (Å²) >= 11 is 0. The van der Waals surface area contributed by atoms with Crippen LogP contribution in [0.15, 0.2) is 4.52 Å². The van der Waals surface area contributed by atoms with E-state index in [1.54, 1.807) is 0 Å². The summed E-state index contributed by atoms with van der Waals surface area (Å²) in [4.78, 5) is 6.69. The van der Waals surface area contributed by atoms with Gasteiger partial charge in [0.05, 0.1) is 6.54 Å². The highest BCUT2D eigenvalue weighted by Crippen LogP contribution is 2.26. The molecular weight excluding hydrogens is 218 g/mol. The highest BCUT2D eigenvalue weighted by molar-refractivity contribution is 4.88. The molecule has 1 aliphatic carbocycles. The van der Waals surface area contributed by atoms with Crippen molar-refractivity contribution in [3.05, 3.63) is 11.7 Å². The molecule has 2 rings (SSSR count). The van der Waals surface area contributed by atoms with E-state index in [1.165, 1.54) is 19.3 Å². The van der Waals surface area contributed by atoms with Crippen LogP contribution in [0.4, 0.5) is 0 Å². The van der Waals surface area contributed by atoms with Crippen LogP contribution in [0.1, 0.15) is 44.3 Å². The SMILES string of the molecule is CCc1noc(CN(CCCO)C2CCC2)n1. The van der Waals surface area contributed by atoms with Crippen LogP contribution in [0.3, 0.4) is 0 Å². The molecule has 1 fully saturated rings. The first-order chi connectivity index (χ1) is 8.33. The lowest BCUT2D eigenvalue weighted by Gasteiger charge is -2.36. The van der Waals surface area contributed by atoms with Gasteiger partial charge in [-0.1, -0.05) is 18.5 Å². The molecule has 5 nitrogen and oxygen atoms in total. The van der Waals surface area contributed by atoms with Crippen LogP contribution in [0.25, 0.3) is 0 Å². The Bertz CT molecular complexity index is 336. The van der Waals surface area contributed by atoms with Crippen LogP contribution in [0, 0.1) is 0 Å². The van der Waals surface area contributed by atoms with Gasteiger partial charge in [-0.05, 0) is 19.3 Å². The Morgan fingerprint density at radius 1 is 1.47 bits per heavy atom. The minimum absolute atomic E-state index is 0.243. The lowest BCUT2D eigenvalue weighted by atomic mass is 9.91. The average Bonchev–Trinajstić information content (AvgIpc) is 2.71. The zero-order valence-corrected chi connectivity index (χ0v) is 10.4. The number of rotatable bonds is 7. The van der Waals surface area contributed by atoms with Crippen molar-refractivity contribution < 1.29 is 9.63 Å². The highest BCUT2D eigenvalue weighted by atomic mass is 16.5. The first-order valence-electron chi connectivity index (χ1n) is 6.50. The van der Waals surface area contributed by atoms with Gasteiger partial charge >= 0.3 is 0 Å². The smallest absolute Gasteiger partial charge is 0.240 e. The molecule has 0 saturated heterocycles. The lowest BCUT2D eigenvalue weighted by Crippen LogP contribution is -2.40. The first-order valence-corrected chi connectivity index (χ1v) is 6.50. The second kappa shape index (κ2) is 6.12. The van der Waals surface area contributed by atoms with Crippen molar-refractivity contribution in [3.8, 4) is 0 Å². The molecule has 0 atom stereocenters. The molecule has 1 N–H and O–H groups in total. The molecule has 0 unspecified atom stereocenters. The van der Waals surface area contributed by atoms with Gasteiger partial charge in [0.15, 0.2) is 5.82 Å². The third-order valence-electron chi connectivity index (χ3n) is 3.36. The van der Waals surface area contributed by atoms with Crippen molar-refractivity contribution >= 4 is 0 Å². The Morgan fingerprint density at radius 2 is 2.29 bits per heavy atom. The topological polar surface area (TPSA) is 62.4 Å². The van der Waals surface area contributed by atoms with Crippen molar-refractivity contribution in [3.63, 3.8) is 0 Å². The molecule has 5 heteroatoms. The van der Waals surface area contributed by atoms with Crippen LogP contribution in [0.2, 0.25) is 0 Å². The van der Waals surface area contributed by atoms with E-state index >= 15 is 0 Å². The van der Waals surface area contributed by atoms with E-state index in [0.29, 0.717) is 11.9 Å². The largest absolute Gasteiger partial charge is 0.396 e. The summed E-state index contributed by atoms with van der Waals surface area (Å²) in [6.45, 7) is 3.89. The summed E-state index contributed by atoms with van der Waals surface area (Å²) in [5.74, 6) is 1.47. The Hall–Kier alpha value is -0.940. The van der Waals surface area contributed by atoms with E-state index in [-0.39, 0.29) is 6.61 Å². The summed E-state index contributed by atoms with van der Waals surface area (Å²) in [5.41, 5.74) is 0. The van der Waals surface area contributed by atoms with E-state index < -0.39 is 0 Å². The van der Waals surface area contributed by atoms with E-state index in [9.17, 15) is 0 Å². The molecule has 0 amide bonds. The van der Waals surface area contributed by atoms with Crippen molar-refractivity contribution in [2.45, 2.75) is 51.6 Å². The van der Waals surface area contributed by atoms with E-state index in [1.807, 2.05) is 6.92 Å². The van der Waals surface area contributed by atoms with E-state index in [2.05, 4.69) is 15.0 Å². The molecule has 17 heavy (non-hydrogen) atoms. The van der Waals surface area contributed by atoms with Crippen molar-refractivity contribution in [1.82, 2.24) is 15.0 Å². The van der Waals surface area contributed by atoms with Gasteiger partial charge in [0.25, 0.3) is 0 Å². The van der Waals surface area contributed by atoms with Gasteiger partial charge in [0, 0.05) is 25.6 Å². The maximum atomic E-state index is 8.92. The van der Waals surface area contributed by atoms with Gasteiger partial charge in [0.1, 0.15) is 0 Å². The zero-order valence-electron chi connectivity index (χ0n) is 10.4. The third-order valence-corrected chi connectivity index (χ3v) is 3.36. The third kappa shape index (κ3) is 3.26. The fourth-order valence-corrected chi connectivity index (χ4v) is 2.09. The summed E-state index contributed by atoms with van der Waals surface area (Å²) < 4.78 is 5.22. The van der Waals surface area contributed by atoms with Crippen LogP contribution < -0.4 is 0 Å². The molecule has 1 aromatic heterocycles. The number of hydrogen-bond acceptors (Lipinski definition) is 5. The number of aliphatic hydroxyl groups is 1. The molecule has 0 aromatic carbocycles. The molecule has 0 aliphatic heterocycles. The summed E-state index contributed by atoms with van der Waals surface area (Å²) in [5, 5.41) is 12.8. The summed E-state index contributed by atoms with van der Waals surface area (Å²) in [6, 6.07) is 0.638. The number of aliphatic hydroxyl groups excluding tert-OH is 1. The molecule has 1 aromatic rings. The van der Waals surface area contributed by atoms with Crippen LogP contribution in [0.5, 0.6) is 0 Å². The van der Waals surface area contributed by atoms with Gasteiger partial charge < -0.3 is 9.63 Å². The summed E-state index contributed by atoms with van der Waals surface area (Å²) in [7, 11) is 0. The van der Waals surface area contributed by atoms with E-state index in [0.717, 1.165) is 31.8 Å². The highest BCUT2D eigenvalue weighted by Gasteiger charge is 2.25. The molecule has 0 spiro atoms. The predicted molar refractivity (Wildman–Crippen MR) is 63.4 cm³/mol. The van der Waals surface area contributed by atoms with Gasteiger partial charge in [-0.3, -0.25) is 4.90 Å². The Labute approximate surface area is 102 Å². The fraction of sp³-hybridized carbons (Fsp3) is 0.833. The number of aromatic nitrogens is 2. The van der Waals surface area contributed by atoms with Gasteiger partial charge in [-0.25, -0.2) is 0 Å². The Balaban J connectivity index is 1.90. The standard InChI is InChI=1S/C12H21N3O2/c1-2-11-13-12(17-14-11)9-15(7-4-8-16)10-5-3-6-10/h10,16H,2-9H2,1H3.